The molecule has 0 radical (unpaired) electrons. The number of carbonyl (C=O) groups excluding carboxylic acids is 1. The smallest absolute Gasteiger partial charge is 0.269 e. The van der Waals surface area contributed by atoms with Crippen molar-refractivity contribution in [2.75, 3.05) is 12.4 Å². The summed E-state index contributed by atoms with van der Waals surface area (Å²) in [5.74, 6) is 1.02. The molecule has 3 N–H and O–H groups in total. The van der Waals surface area contributed by atoms with Crippen LogP contribution in [0.15, 0.2) is 47.7 Å². The van der Waals surface area contributed by atoms with Gasteiger partial charge >= 0.3 is 0 Å². The first kappa shape index (κ1) is 19.0. The highest BCUT2D eigenvalue weighted by Gasteiger charge is 2.10. The number of nitrogens with one attached hydrogen (secondary N) is 3. The fraction of sp³-hybridized carbons (Fsp3) is 0.211. The van der Waals surface area contributed by atoms with Crippen LogP contribution in [0.5, 0.6) is 11.5 Å². The van der Waals surface area contributed by atoms with Gasteiger partial charge in [0.15, 0.2) is 0 Å². The van der Waals surface area contributed by atoms with Gasteiger partial charge in [0.05, 0.1) is 17.5 Å². The molecule has 28 heavy (non-hydrogen) atoms. The Bertz CT molecular complexity index is 1030. The van der Waals surface area contributed by atoms with Crippen molar-refractivity contribution in [3.05, 3.63) is 58.9 Å². The van der Waals surface area contributed by atoms with E-state index in [2.05, 4.69) is 30.6 Å². The molecule has 9 heteroatoms. The molecular weight excluding hydrogens is 360 g/mol. The lowest BCUT2D eigenvalue weighted by atomic mass is 10.2. The molecule has 0 aliphatic carbocycles. The molecule has 0 saturated heterocycles. The van der Waals surface area contributed by atoms with Crippen LogP contribution in [0.25, 0.3) is 11.3 Å². The molecule has 3 aromatic heterocycles. The van der Waals surface area contributed by atoms with Gasteiger partial charge in [0.1, 0.15) is 17.2 Å². The Morgan fingerprint density at radius 2 is 1.93 bits per heavy atom. The van der Waals surface area contributed by atoms with Gasteiger partial charge in [0, 0.05) is 31.5 Å². The zero-order valence-corrected chi connectivity index (χ0v) is 15.7. The van der Waals surface area contributed by atoms with Crippen LogP contribution >= 0.6 is 0 Å². The number of hydrogen-bond donors (Lipinski definition) is 3. The van der Waals surface area contributed by atoms with E-state index < -0.39 is 0 Å². The summed E-state index contributed by atoms with van der Waals surface area (Å²) >= 11 is 0. The van der Waals surface area contributed by atoms with Crippen molar-refractivity contribution >= 4 is 11.9 Å². The molecule has 0 unspecified atom stereocenters. The normalized spacial score (nSPS) is 10.6. The van der Waals surface area contributed by atoms with E-state index in [-0.39, 0.29) is 23.2 Å². The van der Waals surface area contributed by atoms with Crippen LogP contribution in [0.4, 0.5) is 5.95 Å². The molecule has 3 heterocycles. The van der Waals surface area contributed by atoms with Gasteiger partial charge in [0.2, 0.25) is 5.95 Å². The first-order valence-corrected chi connectivity index (χ1v) is 8.64. The van der Waals surface area contributed by atoms with Crippen LogP contribution in [-0.2, 0) is 0 Å². The van der Waals surface area contributed by atoms with Crippen LogP contribution in [0.1, 0.15) is 24.3 Å². The van der Waals surface area contributed by atoms with Crippen LogP contribution in [0.3, 0.4) is 0 Å². The van der Waals surface area contributed by atoms with Crippen molar-refractivity contribution in [2.24, 2.45) is 0 Å². The van der Waals surface area contributed by atoms with Gasteiger partial charge in [-0.2, -0.15) is 0 Å². The number of aromatic amines is 1. The molecule has 9 nitrogen and oxygen atoms in total. The Kier molecular flexibility index (Phi) is 5.64. The van der Waals surface area contributed by atoms with Gasteiger partial charge in [0.25, 0.3) is 11.5 Å². The average molecular weight is 380 g/mol. The van der Waals surface area contributed by atoms with E-state index in [1.54, 1.807) is 18.2 Å². The van der Waals surface area contributed by atoms with Crippen molar-refractivity contribution in [3.8, 4) is 22.8 Å². The largest absolute Gasteiger partial charge is 0.456 e. The molecular formula is C19H20N6O3. The molecule has 0 aromatic carbocycles. The lowest BCUT2D eigenvalue weighted by Gasteiger charge is -2.09. The fourth-order valence-electron chi connectivity index (χ4n) is 2.39. The van der Waals surface area contributed by atoms with Gasteiger partial charge in [-0.05, 0) is 32.0 Å². The van der Waals surface area contributed by atoms with E-state index in [1.165, 1.54) is 31.7 Å². The van der Waals surface area contributed by atoms with Gasteiger partial charge in [-0.25, -0.2) is 4.98 Å². The number of anilines is 1. The van der Waals surface area contributed by atoms with E-state index in [9.17, 15) is 9.59 Å². The van der Waals surface area contributed by atoms with Crippen molar-refractivity contribution < 1.29 is 9.53 Å². The van der Waals surface area contributed by atoms with Crippen LogP contribution in [0.2, 0.25) is 0 Å². The van der Waals surface area contributed by atoms with E-state index in [0.717, 1.165) is 0 Å². The monoisotopic (exact) mass is 380 g/mol. The number of nitrogens with zero attached hydrogens (tertiary/aromatic N) is 3. The highest BCUT2D eigenvalue weighted by molar-refractivity contribution is 5.92. The summed E-state index contributed by atoms with van der Waals surface area (Å²) in [5, 5.41) is 5.54. The molecule has 0 fully saturated rings. The zero-order valence-electron chi connectivity index (χ0n) is 15.7. The summed E-state index contributed by atoms with van der Waals surface area (Å²) in [4.78, 5) is 39.1. The predicted octanol–water partition coefficient (Wildman–Crippen LogP) is 2.20. The Labute approximate surface area is 161 Å². The number of pyridine rings is 2. The lowest BCUT2D eigenvalue weighted by molar-refractivity contribution is 0.0958. The number of carbonyl (C=O) groups is 1. The van der Waals surface area contributed by atoms with Gasteiger partial charge in [-0.15, -0.1) is 0 Å². The standard InChI is InChI=1S/C19H20N6O3/c1-11(2)24-19-23-10-14(17(26)25-19)15-5-4-13(9-22-15)28-12-6-7-21-16(8-12)18(27)20-3/h4-11H,1-3H3,(H,20,27)(H2,23,24,25,26). The van der Waals surface area contributed by atoms with Gasteiger partial charge < -0.3 is 15.4 Å². The maximum absolute atomic E-state index is 12.3. The third-order valence-corrected chi connectivity index (χ3v) is 3.66. The first-order chi connectivity index (χ1) is 13.5. The first-order valence-electron chi connectivity index (χ1n) is 8.64. The Morgan fingerprint density at radius 1 is 1.11 bits per heavy atom. The minimum atomic E-state index is -0.305. The number of amides is 1. The van der Waals surface area contributed by atoms with Crippen LogP contribution < -0.4 is 20.9 Å². The van der Waals surface area contributed by atoms with Crippen molar-refractivity contribution in [2.45, 2.75) is 19.9 Å². The van der Waals surface area contributed by atoms with Crippen LogP contribution in [0, 0.1) is 0 Å². The van der Waals surface area contributed by atoms with Crippen molar-refractivity contribution in [1.29, 1.82) is 0 Å². The molecule has 0 aliphatic rings. The number of aromatic nitrogens is 4. The third-order valence-electron chi connectivity index (χ3n) is 3.66. The average Bonchev–Trinajstić information content (AvgIpc) is 2.68. The molecule has 1 amide bonds. The summed E-state index contributed by atoms with van der Waals surface area (Å²) in [6.07, 6.45) is 4.46. The number of H-pyrrole nitrogens is 1. The maximum atomic E-state index is 12.3. The number of ether oxygens (including phenoxy) is 1. The summed E-state index contributed by atoms with van der Waals surface area (Å²) in [6.45, 7) is 3.91. The summed E-state index contributed by atoms with van der Waals surface area (Å²) in [5.41, 5.74) is 0.783. The van der Waals surface area contributed by atoms with Crippen molar-refractivity contribution in [3.63, 3.8) is 0 Å². The Morgan fingerprint density at radius 3 is 2.57 bits per heavy atom. The quantitative estimate of drug-likeness (QED) is 0.599. The molecule has 0 spiro atoms. The Hall–Kier alpha value is -3.75. The zero-order chi connectivity index (χ0) is 20.1. The Balaban J connectivity index is 1.77. The molecule has 0 atom stereocenters. The topological polar surface area (TPSA) is 122 Å². The molecule has 3 aromatic rings. The van der Waals surface area contributed by atoms with Gasteiger partial charge in [-0.3, -0.25) is 24.5 Å². The minimum Gasteiger partial charge on any atom is -0.456 e. The van der Waals surface area contributed by atoms with Gasteiger partial charge in [-0.1, -0.05) is 0 Å². The highest BCUT2D eigenvalue weighted by atomic mass is 16.5. The third kappa shape index (κ3) is 4.50. The summed E-state index contributed by atoms with van der Waals surface area (Å²) in [6, 6.07) is 6.66. The molecule has 0 saturated carbocycles. The molecule has 0 aliphatic heterocycles. The second-order valence-corrected chi connectivity index (χ2v) is 6.21. The SMILES string of the molecule is CNC(=O)c1cc(Oc2ccc(-c3cnc(NC(C)C)[nH]c3=O)nc2)ccn1. The fourth-order valence-corrected chi connectivity index (χ4v) is 2.39. The van der Waals surface area contributed by atoms with E-state index in [4.69, 9.17) is 4.74 Å². The number of hydrogen-bond acceptors (Lipinski definition) is 7. The van der Waals surface area contributed by atoms with E-state index >= 15 is 0 Å². The highest BCUT2D eigenvalue weighted by Crippen LogP contribution is 2.22. The lowest BCUT2D eigenvalue weighted by Crippen LogP contribution is -2.19. The molecule has 0 bridgehead atoms. The summed E-state index contributed by atoms with van der Waals surface area (Å²) < 4.78 is 5.70. The van der Waals surface area contributed by atoms with E-state index in [1.807, 2.05) is 13.8 Å². The van der Waals surface area contributed by atoms with Crippen LogP contribution in [-0.4, -0.2) is 38.9 Å². The second kappa shape index (κ2) is 8.30. The second-order valence-electron chi connectivity index (χ2n) is 6.21. The predicted molar refractivity (Wildman–Crippen MR) is 105 cm³/mol. The van der Waals surface area contributed by atoms with Crippen molar-refractivity contribution in [1.82, 2.24) is 25.3 Å². The molecule has 3 rings (SSSR count). The number of rotatable bonds is 6. The maximum Gasteiger partial charge on any atom is 0.269 e. The minimum absolute atomic E-state index is 0.153. The summed E-state index contributed by atoms with van der Waals surface area (Å²) in [7, 11) is 1.53. The van der Waals surface area contributed by atoms with E-state index in [0.29, 0.717) is 28.7 Å². The molecule has 144 valence electrons.